The van der Waals surface area contributed by atoms with Gasteiger partial charge < -0.3 is 0 Å². The summed E-state index contributed by atoms with van der Waals surface area (Å²) in [5.41, 5.74) is 2.20. The van der Waals surface area contributed by atoms with Crippen LogP contribution >= 0.6 is 11.3 Å². The summed E-state index contributed by atoms with van der Waals surface area (Å²) in [6, 6.07) is 4.79. The fraction of sp³-hybridized carbons (Fsp3) is 0.474. The molecule has 0 bridgehead atoms. The Hall–Kier alpha value is -1.77. The molecule has 2 heterocycles. The summed E-state index contributed by atoms with van der Waals surface area (Å²) in [5, 5.41) is 3.44. The summed E-state index contributed by atoms with van der Waals surface area (Å²) in [7, 11) is -3.56. The Morgan fingerprint density at radius 3 is 2.67 bits per heavy atom. The van der Waals surface area contributed by atoms with Crippen molar-refractivity contribution in [3.8, 4) is 0 Å². The molecule has 6 nitrogen and oxygen atoms in total. The molecule has 0 saturated carbocycles. The molecule has 1 saturated heterocycles. The molecule has 0 unspecified atom stereocenters. The number of hydrogen-bond donors (Lipinski definition) is 1. The number of benzene rings is 1. The SMILES string of the molecule is Cc1ccc(S(=O)(=O)N2CCCCC2)cc1C(=O)Nc1nc2c(s1)CCC2. The summed E-state index contributed by atoms with van der Waals surface area (Å²) >= 11 is 1.51. The van der Waals surface area contributed by atoms with Gasteiger partial charge in [0, 0.05) is 23.5 Å². The third kappa shape index (κ3) is 3.66. The highest BCUT2D eigenvalue weighted by atomic mass is 32.2. The predicted molar refractivity (Wildman–Crippen MR) is 106 cm³/mol. The van der Waals surface area contributed by atoms with Crippen molar-refractivity contribution in [2.45, 2.75) is 50.3 Å². The quantitative estimate of drug-likeness (QED) is 0.846. The van der Waals surface area contributed by atoms with E-state index in [1.165, 1.54) is 26.6 Å². The number of piperidine rings is 1. The number of fused-ring (bicyclic) bond motifs is 1. The average molecular weight is 406 g/mol. The zero-order valence-electron chi connectivity index (χ0n) is 15.3. The van der Waals surface area contributed by atoms with E-state index in [1.807, 2.05) is 6.92 Å². The molecular formula is C19H23N3O3S2. The number of nitrogens with one attached hydrogen (secondary N) is 1. The maximum Gasteiger partial charge on any atom is 0.257 e. The van der Waals surface area contributed by atoms with Gasteiger partial charge in [-0.3, -0.25) is 10.1 Å². The predicted octanol–water partition coefficient (Wildman–Crippen LogP) is 3.37. The number of amides is 1. The summed E-state index contributed by atoms with van der Waals surface area (Å²) in [6.07, 6.45) is 5.93. The molecule has 0 radical (unpaired) electrons. The minimum atomic E-state index is -3.56. The molecule has 2 aliphatic rings. The molecule has 1 aromatic carbocycles. The van der Waals surface area contributed by atoms with Crippen LogP contribution < -0.4 is 5.32 Å². The Morgan fingerprint density at radius 1 is 1.15 bits per heavy atom. The minimum absolute atomic E-state index is 0.182. The molecule has 1 N–H and O–H groups in total. The van der Waals surface area contributed by atoms with Gasteiger partial charge in [0.1, 0.15) is 0 Å². The first kappa shape index (κ1) is 18.6. The number of thiazole rings is 1. The average Bonchev–Trinajstić information content (AvgIpc) is 3.24. The topological polar surface area (TPSA) is 79.4 Å². The van der Waals surface area contributed by atoms with E-state index in [1.54, 1.807) is 12.1 Å². The van der Waals surface area contributed by atoms with Crippen LogP contribution in [0.1, 0.15) is 52.2 Å². The standard InChI is InChI=1S/C19H23N3O3S2/c1-13-8-9-14(27(24,25)22-10-3-2-4-11-22)12-15(13)18(23)21-19-20-16-6-5-7-17(16)26-19/h8-9,12H,2-7,10-11H2,1H3,(H,20,21,23). The molecule has 1 aliphatic carbocycles. The summed E-state index contributed by atoms with van der Waals surface area (Å²) in [4.78, 5) is 18.7. The molecule has 1 fully saturated rings. The highest BCUT2D eigenvalue weighted by molar-refractivity contribution is 7.89. The monoisotopic (exact) mass is 405 g/mol. The van der Waals surface area contributed by atoms with Gasteiger partial charge in [0.2, 0.25) is 10.0 Å². The molecule has 144 valence electrons. The smallest absolute Gasteiger partial charge is 0.257 e. The van der Waals surface area contributed by atoms with Crippen molar-refractivity contribution in [2.24, 2.45) is 0 Å². The number of sulfonamides is 1. The van der Waals surface area contributed by atoms with E-state index in [9.17, 15) is 13.2 Å². The second-order valence-electron chi connectivity index (χ2n) is 7.14. The molecule has 27 heavy (non-hydrogen) atoms. The van der Waals surface area contributed by atoms with E-state index < -0.39 is 10.0 Å². The molecule has 8 heteroatoms. The van der Waals surface area contributed by atoms with E-state index in [2.05, 4.69) is 10.3 Å². The van der Waals surface area contributed by atoms with Crippen LogP contribution in [0.4, 0.5) is 5.13 Å². The van der Waals surface area contributed by atoms with Crippen molar-refractivity contribution < 1.29 is 13.2 Å². The summed E-state index contributed by atoms with van der Waals surface area (Å²) in [5.74, 6) is -0.310. The van der Waals surface area contributed by atoms with Crippen LogP contribution in [-0.4, -0.2) is 36.7 Å². The normalized spacial score (nSPS) is 17.7. The van der Waals surface area contributed by atoms with E-state index in [0.717, 1.165) is 49.8 Å². The molecule has 1 aliphatic heterocycles. The van der Waals surface area contributed by atoms with Gasteiger partial charge in [-0.15, -0.1) is 11.3 Å². The summed E-state index contributed by atoms with van der Waals surface area (Å²) < 4.78 is 27.3. The number of aromatic nitrogens is 1. The van der Waals surface area contributed by atoms with Crippen molar-refractivity contribution in [1.29, 1.82) is 0 Å². The molecule has 1 amide bonds. The van der Waals surface area contributed by atoms with E-state index in [-0.39, 0.29) is 10.8 Å². The first-order valence-electron chi connectivity index (χ1n) is 9.36. The number of nitrogens with zero attached hydrogens (tertiary/aromatic N) is 2. The van der Waals surface area contributed by atoms with E-state index >= 15 is 0 Å². The van der Waals surface area contributed by atoms with Crippen LogP contribution in [0.15, 0.2) is 23.1 Å². The van der Waals surface area contributed by atoms with Gasteiger partial charge in [0.05, 0.1) is 10.6 Å². The Balaban J connectivity index is 1.58. The summed E-state index contributed by atoms with van der Waals surface area (Å²) in [6.45, 7) is 2.90. The lowest BCUT2D eigenvalue weighted by molar-refractivity contribution is 0.102. The van der Waals surface area contributed by atoms with Crippen molar-refractivity contribution in [3.63, 3.8) is 0 Å². The molecule has 2 aromatic rings. The fourth-order valence-electron chi connectivity index (χ4n) is 3.67. The molecule has 1 aromatic heterocycles. The first-order valence-corrected chi connectivity index (χ1v) is 11.6. The Bertz CT molecular complexity index is 955. The second-order valence-corrected chi connectivity index (χ2v) is 10.2. The molecule has 0 spiro atoms. The number of carbonyl (C=O) groups is 1. The van der Waals surface area contributed by atoms with Gasteiger partial charge in [-0.1, -0.05) is 12.5 Å². The lowest BCUT2D eigenvalue weighted by atomic mass is 10.1. The van der Waals surface area contributed by atoms with E-state index in [4.69, 9.17) is 0 Å². The lowest BCUT2D eigenvalue weighted by Gasteiger charge is -2.26. The largest absolute Gasteiger partial charge is 0.298 e. The Labute approximate surface area is 163 Å². The zero-order valence-corrected chi connectivity index (χ0v) is 17.0. The van der Waals surface area contributed by atoms with Crippen LogP contribution in [0, 0.1) is 6.92 Å². The number of hydrogen-bond acceptors (Lipinski definition) is 5. The van der Waals surface area contributed by atoms with Crippen LogP contribution in [0.2, 0.25) is 0 Å². The van der Waals surface area contributed by atoms with Crippen LogP contribution in [0.5, 0.6) is 0 Å². The first-order chi connectivity index (χ1) is 12.9. The van der Waals surface area contributed by atoms with Gasteiger partial charge >= 0.3 is 0 Å². The highest BCUT2D eigenvalue weighted by Gasteiger charge is 2.27. The lowest BCUT2D eigenvalue weighted by Crippen LogP contribution is -2.35. The third-order valence-corrected chi connectivity index (χ3v) is 8.19. The molecular weight excluding hydrogens is 382 g/mol. The van der Waals surface area contributed by atoms with Gasteiger partial charge in [-0.25, -0.2) is 13.4 Å². The number of carbonyl (C=O) groups excluding carboxylic acids is 1. The van der Waals surface area contributed by atoms with Crippen LogP contribution in [0.25, 0.3) is 0 Å². The van der Waals surface area contributed by atoms with E-state index in [0.29, 0.717) is 23.8 Å². The van der Waals surface area contributed by atoms with Crippen LogP contribution in [-0.2, 0) is 22.9 Å². The zero-order chi connectivity index (χ0) is 19.0. The second kappa shape index (κ2) is 7.33. The van der Waals surface area contributed by atoms with Gasteiger partial charge in [0.25, 0.3) is 5.91 Å². The maximum atomic E-state index is 12.9. The number of rotatable bonds is 4. The maximum absolute atomic E-state index is 12.9. The van der Waals surface area contributed by atoms with Crippen molar-refractivity contribution in [2.75, 3.05) is 18.4 Å². The molecule has 4 rings (SSSR count). The number of anilines is 1. The minimum Gasteiger partial charge on any atom is -0.298 e. The van der Waals surface area contributed by atoms with Crippen molar-refractivity contribution in [3.05, 3.63) is 39.9 Å². The number of aryl methyl sites for hydroxylation is 3. The molecule has 0 atom stereocenters. The third-order valence-electron chi connectivity index (χ3n) is 5.22. The highest BCUT2D eigenvalue weighted by Crippen LogP contribution is 2.31. The fourth-order valence-corrected chi connectivity index (χ4v) is 6.26. The van der Waals surface area contributed by atoms with Crippen molar-refractivity contribution >= 4 is 32.4 Å². The van der Waals surface area contributed by atoms with Crippen molar-refractivity contribution in [1.82, 2.24) is 9.29 Å². The van der Waals surface area contributed by atoms with Gasteiger partial charge in [-0.2, -0.15) is 4.31 Å². The van der Waals surface area contributed by atoms with Gasteiger partial charge in [0.15, 0.2) is 5.13 Å². The Morgan fingerprint density at radius 2 is 1.93 bits per heavy atom. The van der Waals surface area contributed by atoms with Crippen LogP contribution in [0.3, 0.4) is 0 Å². The van der Waals surface area contributed by atoms with Gasteiger partial charge in [-0.05, 0) is 56.7 Å². The Kier molecular flexibility index (Phi) is 5.05.